The van der Waals surface area contributed by atoms with Crippen LogP contribution in [-0.2, 0) is 9.59 Å². The van der Waals surface area contributed by atoms with Crippen LogP contribution in [0.25, 0.3) is 0 Å². The van der Waals surface area contributed by atoms with Gasteiger partial charge in [0.25, 0.3) is 0 Å². The summed E-state index contributed by atoms with van der Waals surface area (Å²) in [5.74, 6) is -0.914. The second-order valence-electron chi connectivity index (χ2n) is 4.91. The van der Waals surface area contributed by atoms with Crippen LogP contribution >= 0.6 is 11.6 Å². The fourth-order valence-electron chi connectivity index (χ4n) is 1.88. The first-order valence-electron chi connectivity index (χ1n) is 6.90. The smallest absolute Gasteiger partial charge is 0.233 e. The van der Waals surface area contributed by atoms with Gasteiger partial charge in [-0.15, -0.1) is 0 Å². The zero-order chi connectivity index (χ0) is 16.8. The Morgan fingerprint density at radius 3 is 1.70 bits per heavy atom. The maximum atomic E-state index is 11.8. The van der Waals surface area contributed by atoms with Gasteiger partial charge in [-0.1, -0.05) is 11.6 Å². The molecule has 0 fully saturated rings. The Kier molecular flexibility index (Phi) is 5.49. The van der Waals surface area contributed by atoms with E-state index < -0.39 is 11.8 Å². The molecule has 0 saturated heterocycles. The molecule has 0 saturated carbocycles. The van der Waals surface area contributed by atoms with Gasteiger partial charge in [0.2, 0.25) is 11.8 Å². The monoisotopic (exact) mass is 330 g/mol. The van der Waals surface area contributed by atoms with E-state index in [1.807, 2.05) is 0 Å². The van der Waals surface area contributed by atoms with Gasteiger partial charge in [-0.05, 0) is 55.5 Å². The van der Waals surface area contributed by atoms with Crippen LogP contribution in [0.3, 0.4) is 0 Å². The molecule has 5 nitrogen and oxygen atoms in total. The number of carbonyl (C=O) groups excluding carboxylic acids is 3. The van der Waals surface area contributed by atoms with Crippen molar-refractivity contribution in [2.45, 2.75) is 13.3 Å². The number of hydrogen-bond acceptors (Lipinski definition) is 3. The lowest BCUT2D eigenvalue weighted by molar-refractivity contribution is -0.123. The van der Waals surface area contributed by atoms with Crippen LogP contribution in [-0.4, -0.2) is 17.6 Å². The van der Waals surface area contributed by atoms with Crippen molar-refractivity contribution in [1.82, 2.24) is 0 Å². The van der Waals surface area contributed by atoms with Crippen LogP contribution in [0.2, 0.25) is 5.02 Å². The van der Waals surface area contributed by atoms with E-state index in [9.17, 15) is 14.4 Å². The molecule has 118 valence electrons. The van der Waals surface area contributed by atoms with Crippen molar-refractivity contribution in [3.63, 3.8) is 0 Å². The highest BCUT2D eigenvalue weighted by molar-refractivity contribution is 6.30. The molecule has 2 N–H and O–H groups in total. The lowest BCUT2D eigenvalue weighted by Gasteiger charge is -2.07. The number of halogens is 1. The molecule has 0 aliphatic carbocycles. The second-order valence-corrected chi connectivity index (χ2v) is 5.35. The molecule has 0 radical (unpaired) electrons. The van der Waals surface area contributed by atoms with Gasteiger partial charge in [0, 0.05) is 22.0 Å². The molecule has 0 spiro atoms. The fourth-order valence-corrected chi connectivity index (χ4v) is 2.00. The van der Waals surface area contributed by atoms with E-state index in [0.29, 0.717) is 22.0 Å². The van der Waals surface area contributed by atoms with E-state index in [0.717, 1.165) is 0 Å². The van der Waals surface area contributed by atoms with E-state index in [4.69, 9.17) is 11.6 Å². The highest BCUT2D eigenvalue weighted by Crippen LogP contribution is 2.14. The summed E-state index contributed by atoms with van der Waals surface area (Å²) >= 11 is 5.76. The Bertz CT molecular complexity index is 725. The normalized spacial score (nSPS) is 10.0. The van der Waals surface area contributed by atoms with E-state index in [-0.39, 0.29) is 12.2 Å². The molecule has 2 aromatic carbocycles. The lowest BCUT2D eigenvalue weighted by atomic mass is 10.1. The largest absolute Gasteiger partial charge is 0.326 e. The molecular weight excluding hydrogens is 316 g/mol. The molecule has 0 heterocycles. The van der Waals surface area contributed by atoms with Crippen molar-refractivity contribution in [3.05, 3.63) is 59.1 Å². The minimum absolute atomic E-state index is 0.0507. The Hall–Kier alpha value is -2.66. The molecule has 6 heteroatoms. The predicted octanol–water partition coefficient (Wildman–Crippen LogP) is 3.51. The van der Waals surface area contributed by atoms with Gasteiger partial charge < -0.3 is 10.6 Å². The van der Waals surface area contributed by atoms with Gasteiger partial charge in [-0.25, -0.2) is 0 Å². The molecule has 2 rings (SSSR count). The number of ketones is 1. The zero-order valence-electron chi connectivity index (χ0n) is 12.4. The van der Waals surface area contributed by atoms with Crippen molar-refractivity contribution in [2.75, 3.05) is 10.6 Å². The summed E-state index contributed by atoms with van der Waals surface area (Å²) in [6.45, 7) is 1.47. The first-order valence-corrected chi connectivity index (χ1v) is 7.28. The number of rotatable bonds is 5. The summed E-state index contributed by atoms with van der Waals surface area (Å²) in [7, 11) is 0. The maximum absolute atomic E-state index is 11.8. The van der Waals surface area contributed by atoms with Gasteiger partial charge in [-0.3, -0.25) is 14.4 Å². The van der Waals surface area contributed by atoms with Crippen molar-refractivity contribution in [3.8, 4) is 0 Å². The maximum Gasteiger partial charge on any atom is 0.233 e. The summed E-state index contributed by atoms with van der Waals surface area (Å²) in [6, 6.07) is 13.1. The fraction of sp³-hybridized carbons (Fsp3) is 0.118. The van der Waals surface area contributed by atoms with E-state index in [2.05, 4.69) is 10.6 Å². The van der Waals surface area contributed by atoms with Gasteiger partial charge >= 0.3 is 0 Å². The quantitative estimate of drug-likeness (QED) is 0.650. The molecule has 2 amide bonds. The van der Waals surface area contributed by atoms with Crippen molar-refractivity contribution in [2.24, 2.45) is 0 Å². The number of nitrogens with one attached hydrogen (secondary N) is 2. The van der Waals surface area contributed by atoms with Crippen LogP contribution < -0.4 is 10.6 Å². The average Bonchev–Trinajstić information content (AvgIpc) is 2.50. The third-order valence-corrected chi connectivity index (χ3v) is 3.28. The number of carbonyl (C=O) groups is 3. The summed E-state index contributed by atoms with van der Waals surface area (Å²) in [4.78, 5) is 34.8. The van der Waals surface area contributed by atoms with E-state index in [1.165, 1.54) is 6.92 Å². The molecule has 0 atom stereocenters. The van der Waals surface area contributed by atoms with Crippen LogP contribution in [0.15, 0.2) is 48.5 Å². The summed E-state index contributed by atoms with van der Waals surface area (Å²) < 4.78 is 0. The Labute approximate surface area is 138 Å². The molecule has 0 unspecified atom stereocenters. The van der Waals surface area contributed by atoms with E-state index >= 15 is 0 Å². The van der Waals surface area contributed by atoms with Gasteiger partial charge in [0.1, 0.15) is 6.42 Å². The van der Waals surface area contributed by atoms with Gasteiger partial charge in [0.15, 0.2) is 5.78 Å². The van der Waals surface area contributed by atoms with Gasteiger partial charge in [-0.2, -0.15) is 0 Å². The third-order valence-electron chi connectivity index (χ3n) is 3.02. The number of amides is 2. The highest BCUT2D eigenvalue weighted by Gasteiger charge is 2.10. The summed E-state index contributed by atoms with van der Waals surface area (Å²) in [5, 5.41) is 5.77. The second kappa shape index (κ2) is 7.56. The minimum Gasteiger partial charge on any atom is -0.326 e. The number of Topliss-reactive ketones (excluding diaryl/α,β-unsaturated/α-hetero) is 1. The van der Waals surface area contributed by atoms with Crippen LogP contribution in [0.5, 0.6) is 0 Å². The lowest BCUT2D eigenvalue weighted by Crippen LogP contribution is -2.21. The Morgan fingerprint density at radius 2 is 1.26 bits per heavy atom. The van der Waals surface area contributed by atoms with Crippen molar-refractivity contribution in [1.29, 1.82) is 0 Å². The number of anilines is 2. The van der Waals surface area contributed by atoms with Crippen molar-refractivity contribution >= 4 is 40.6 Å². The first-order chi connectivity index (χ1) is 10.9. The topological polar surface area (TPSA) is 75.3 Å². The van der Waals surface area contributed by atoms with Crippen LogP contribution in [0.4, 0.5) is 11.4 Å². The van der Waals surface area contributed by atoms with E-state index in [1.54, 1.807) is 48.5 Å². The molecule has 0 bridgehead atoms. The highest BCUT2D eigenvalue weighted by atomic mass is 35.5. The summed E-state index contributed by atoms with van der Waals surface area (Å²) in [5.41, 5.74) is 1.65. The zero-order valence-corrected chi connectivity index (χ0v) is 13.2. The average molecular weight is 331 g/mol. The van der Waals surface area contributed by atoms with Gasteiger partial charge in [0.05, 0.1) is 0 Å². The Morgan fingerprint density at radius 1 is 0.826 bits per heavy atom. The summed E-state index contributed by atoms with van der Waals surface area (Å²) in [6.07, 6.45) is -0.308. The third kappa shape index (κ3) is 5.23. The number of benzene rings is 2. The first kappa shape index (κ1) is 16.7. The number of hydrogen-bond donors (Lipinski definition) is 2. The molecule has 23 heavy (non-hydrogen) atoms. The molecular formula is C17H15ClN2O3. The van der Waals surface area contributed by atoms with Crippen LogP contribution in [0.1, 0.15) is 23.7 Å². The van der Waals surface area contributed by atoms with Crippen LogP contribution in [0, 0.1) is 0 Å². The predicted molar refractivity (Wildman–Crippen MR) is 89.8 cm³/mol. The Balaban J connectivity index is 1.87. The SMILES string of the molecule is CC(=O)c1ccc(NC(=O)CC(=O)Nc2ccc(Cl)cc2)cc1. The molecule has 0 aliphatic heterocycles. The molecule has 0 aliphatic rings. The molecule has 2 aromatic rings. The minimum atomic E-state index is -0.438. The van der Waals surface area contributed by atoms with Crippen molar-refractivity contribution < 1.29 is 14.4 Å². The standard InChI is InChI=1S/C17H15ClN2O3/c1-11(21)12-2-6-14(7-3-12)19-16(22)10-17(23)20-15-8-4-13(18)5-9-15/h2-9H,10H2,1H3,(H,19,22)(H,20,23). The molecule has 0 aromatic heterocycles.